The first-order chi connectivity index (χ1) is 29.3. The standard InChI is InChI=1S/C56H40N2Si/c1-6-17-41(18-7-1)42-31-33-46(34-32-42)57(48-39-44-30-29-43-19-16-28-53-55(43)56(44)54(40-48)58(53)45-20-8-2-9-21-45)47-35-37-52(38-36-47)59(49-22-10-3-11-23-49,50-24-12-4-13-25-50)51-26-14-5-15-27-51/h1-40H. The molecule has 278 valence electrons. The summed E-state index contributed by atoms with van der Waals surface area (Å²) in [5.41, 5.74) is 9.29. The minimum Gasteiger partial charge on any atom is -0.310 e. The van der Waals surface area contributed by atoms with E-state index in [4.69, 9.17) is 0 Å². The van der Waals surface area contributed by atoms with E-state index >= 15 is 0 Å². The quantitative estimate of drug-likeness (QED) is 0.0806. The van der Waals surface area contributed by atoms with Crippen molar-refractivity contribution in [3.8, 4) is 16.8 Å². The number of para-hydroxylation sites is 1. The summed E-state index contributed by atoms with van der Waals surface area (Å²) in [6, 6.07) is 89.4. The SMILES string of the molecule is c1ccc(-c2ccc(N(c3ccc([Si](c4ccccc4)(c4ccccc4)c4ccccc4)cc3)c3cc4ccc5cccc6c5c4c(c3)n6-c3ccccc3)cc2)cc1. The summed E-state index contributed by atoms with van der Waals surface area (Å²) in [6.45, 7) is 0. The zero-order valence-corrected chi connectivity index (χ0v) is 33.5. The molecule has 0 unspecified atom stereocenters. The molecule has 0 aliphatic carbocycles. The first-order valence-corrected chi connectivity index (χ1v) is 22.3. The van der Waals surface area contributed by atoms with Crippen LogP contribution in [-0.4, -0.2) is 12.6 Å². The van der Waals surface area contributed by atoms with Gasteiger partial charge in [0.15, 0.2) is 8.07 Å². The maximum Gasteiger partial charge on any atom is 0.179 e. The Hall–Kier alpha value is -7.46. The zero-order chi connectivity index (χ0) is 39.2. The van der Waals surface area contributed by atoms with Gasteiger partial charge in [-0.05, 0) is 97.2 Å². The molecule has 3 heteroatoms. The Balaban J connectivity index is 1.14. The predicted octanol–water partition coefficient (Wildman–Crippen LogP) is 11.9. The van der Waals surface area contributed by atoms with Crippen molar-refractivity contribution in [1.29, 1.82) is 0 Å². The van der Waals surface area contributed by atoms with Gasteiger partial charge >= 0.3 is 0 Å². The van der Waals surface area contributed by atoms with Gasteiger partial charge in [-0.1, -0.05) is 188 Å². The Morgan fingerprint density at radius 1 is 0.305 bits per heavy atom. The third-order valence-electron chi connectivity index (χ3n) is 12.1. The van der Waals surface area contributed by atoms with Crippen LogP contribution in [0, 0.1) is 0 Å². The van der Waals surface area contributed by atoms with Crippen molar-refractivity contribution >= 4 is 78.5 Å². The van der Waals surface area contributed by atoms with Crippen LogP contribution < -0.4 is 25.6 Å². The van der Waals surface area contributed by atoms with Crippen LogP contribution in [-0.2, 0) is 0 Å². The molecule has 1 heterocycles. The third kappa shape index (κ3) is 5.78. The Bertz CT molecular complexity index is 3070. The number of hydrogen-bond donors (Lipinski definition) is 0. The molecule has 0 amide bonds. The van der Waals surface area contributed by atoms with Gasteiger partial charge in [-0.2, -0.15) is 0 Å². The Morgan fingerprint density at radius 3 is 1.34 bits per heavy atom. The van der Waals surface area contributed by atoms with E-state index in [0.717, 1.165) is 22.7 Å². The lowest BCUT2D eigenvalue weighted by atomic mass is 10.0. The van der Waals surface area contributed by atoms with Gasteiger partial charge < -0.3 is 9.47 Å². The number of aromatic nitrogens is 1. The van der Waals surface area contributed by atoms with Crippen molar-refractivity contribution in [2.24, 2.45) is 0 Å². The number of anilines is 3. The van der Waals surface area contributed by atoms with Crippen molar-refractivity contribution < 1.29 is 0 Å². The van der Waals surface area contributed by atoms with Gasteiger partial charge in [0.25, 0.3) is 0 Å². The lowest BCUT2D eigenvalue weighted by Gasteiger charge is -2.35. The molecule has 1 aromatic heterocycles. The molecule has 0 aliphatic rings. The second-order valence-electron chi connectivity index (χ2n) is 15.3. The number of benzene rings is 10. The lowest BCUT2D eigenvalue weighted by Crippen LogP contribution is -2.74. The molecule has 10 aromatic carbocycles. The Kier molecular flexibility index (Phi) is 8.53. The molecular weight excluding hydrogens is 729 g/mol. The monoisotopic (exact) mass is 768 g/mol. The van der Waals surface area contributed by atoms with Gasteiger partial charge in [0.1, 0.15) is 0 Å². The normalized spacial score (nSPS) is 11.7. The second-order valence-corrected chi connectivity index (χ2v) is 19.1. The summed E-state index contributed by atoms with van der Waals surface area (Å²) in [6.07, 6.45) is 0. The van der Waals surface area contributed by atoms with Crippen LogP contribution in [0.4, 0.5) is 17.1 Å². The average Bonchev–Trinajstić information content (AvgIpc) is 3.66. The van der Waals surface area contributed by atoms with E-state index in [9.17, 15) is 0 Å². The fraction of sp³-hybridized carbons (Fsp3) is 0. The second kappa shape index (κ2) is 14.5. The smallest absolute Gasteiger partial charge is 0.179 e. The van der Waals surface area contributed by atoms with Crippen LogP contribution in [0.25, 0.3) is 49.4 Å². The molecule has 59 heavy (non-hydrogen) atoms. The lowest BCUT2D eigenvalue weighted by molar-refractivity contribution is 1.18. The molecule has 0 saturated heterocycles. The van der Waals surface area contributed by atoms with Crippen molar-refractivity contribution in [2.45, 2.75) is 0 Å². The first-order valence-electron chi connectivity index (χ1n) is 20.3. The summed E-state index contributed by atoms with van der Waals surface area (Å²) in [5.74, 6) is 0. The summed E-state index contributed by atoms with van der Waals surface area (Å²) in [5, 5.41) is 10.5. The third-order valence-corrected chi connectivity index (χ3v) is 16.9. The summed E-state index contributed by atoms with van der Waals surface area (Å²) in [4.78, 5) is 2.43. The molecular formula is C56H40N2Si. The topological polar surface area (TPSA) is 8.17 Å². The minimum absolute atomic E-state index is 1.10. The van der Waals surface area contributed by atoms with E-state index in [1.165, 1.54) is 64.5 Å². The van der Waals surface area contributed by atoms with Crippen LogP contribution in [0.5, 0.6) is 0 Å². The fourth-order valence-electron chi connectivity index (χ4n) is 9.47. The van der Waals surface area contributed by atoms with Crippen molar-refractivity contribution in [3.63, 3.8) is 0 Å². The van der Waals surface area contributed by atoms with Crippen LogP contribution >= 0.6 is 0 Å². The summed E-state index contributed by atoms with van der Waals surface area (Å²) in [7, 11) is -2.70. The molecule has 0 spiro atoms. The van der Waals surface area contributed by atoms with Crippen molar-refractivity contribution in [2.75, 3.05) is 4.90 Å². The van der Waals surface area contributed by atoms with E-state index in [1.807, 2.05) is 0 Å². The number of rotatable bonds is 9. The van der Waals surface area contributed by atoms with Crippen LogP contribution in [0.2, 0.25) is 0 Å². The largest absolute Gasteiger partial charge is 0.310 e. The highest BCUT2D eigenvalue weighted by molar-refractivity contribution is 7.19. The molecule has 0 N–H and O–H groups in total. The van der Waals surface area contributed by atoms with Gasteiger partial charge in [0, 0.05) is 33.5 Å². The van der Waals surface area contributed by atoms with Crippen LogP contribution in [0.3, 0.4) is 0 Å². The van der Waals surface area contributed by atoms with E-state index in [1.54, 1.807) is 0 Å². The van der Waals surface area contributed by atoms with E-state index in [0.29, 0.717) is 0 Å². The maximum atomic E-state index is 2.44. The molecule has 0 aliphatic heterocycles. The maximum absolute atomic E-state index is 2.70. The molecule has 11 rings (SSSR count). The highest BCUT2D eigenvalue weighted by atomic mass is 28.3. The minimum atomic E-state index is -2.70. The fourth-order valence-corrected chi connectivity index (χ4v) is 14.2. The average molecular weight is 769 g/mol. The van der Waals surface area contributed by atoms with Crippen molar-refractivity contribution in [3.05, 3.63) is 243 Å². The molecule has 11 aromatic rings. The summed E-state index contributed by atoms with van der Waals surface area (Å²) >= 11 is 0. The molecule has 0 fully saturated rings. The van der Waals surface area contributed by atoms with Gasteiger partial charge in [0.2, 0.25) is 0 Å². The highest BCUT2D eigenvalue weighted by Gasteiger charge is 2.41. The van der Waals surface area contributed by atoms with Gasteiger partial charge in [-0.25, -0.2) is 0 Å². The van der Waals surface area contributed by atoms with Crippen LogP contribution in [0.15, 0.2) is 243 Å². The summed E-state index contributed by atoms with van der Waals surface area (Å²) < 4.78 is 2.44. The molecule has 0 atom stereocenters. The van der Waals surface area contributed by atoms with Gasteiger partial charge in [-0.15, -0.1) is 0 Å². The molecule has 0 bridgehead atoms. The van der Waals surface area contributed by atoms with E-state index in [2.05, 4.69) is 252 Å². The predicted molar refractivity (Wildman–Crippen MR) is 253 cm³/mol. The molecule has 2 nitrogen and oxygen atoms in total. The molecule has 0 saturated carbocycles. The highest BCUT2D eigenvalue weighted by Crippen LogP contribution is 2.44. The Morgan fingerprint density at radius 2 is 0.763 bits per heavy atom. The number of hydrogen-bond acceptors (Lipinski definition) is 1. The van der Waals surface area contributed by atoms with Gasteiger partial charge in [-0.3, -0.25) is 0 Å². The molecule has 0 radical (unpaired) electrons. The van der Waals surface area contributed by atoms with Gasteiger partial charge in [0.05, 0.1) is 11.0 Å². The Labute approximate surface area is 345 Å². The van der Waals surface area contributed by atoms with Crippen molar-refractivity contribution in [1.82, 2.24) is 4.57 Å². The van der Waals surface area contributed by atoms with E-state index < -0.39 is 8.07 Å². The van der Waals surface area contributed by atoms with E-state index in [-0.39, 0.29) is 0 Å². The first kappa shape index (κ1) is 34.8. The van der Waals surface area contributed by atoms with Crippen LogP contribution in [0.1, 0.15) is 0 Å². The number of nitrogens with zero attached hydrogens (tertiary/aromatic N) is 2. The zero-order valence-electron chi connectivity index (χ0n) is 32.5.